The smallest absolute Gasteiger partial charge is 0.263 e. The molecular formula is C17H20N4O2S. The summed E-state index contributed by atoms with van der Waals surface area (Å²) in [4.78, 5) is 27.6. The van der Waals surface area contributed by atoms with Gasteiger partial charge in [-0.15, -0.1) is 11.3 Å². The lowest BCUT2D eigenvalue weighted by Crippen LogP contribution is -2.52. The molecule has 0 unspecified atom stereocenters. The van der Waals surface area contributed by atoms with Crippen LogP contribution in [-0.4, -0.2) is 45.1 Å². The fraction of sp³-hybridized carbons (Fsp3) is 0.471. The third kappa shape index (κ3) is 2.62. The number of rotatable bonds is 2. The minimum atomic E-state index is -0.177. The second-order valence-corrected chi connectivity index (χ2v) is 7.69. The standard InChI is InChI=1S/C17H20N4O2S/c1-20-11-12(10-18-20)13-9-17(19-15(13)22)4-6-21(7-5-17)16(23)14-3-2-8-24-14/h2-3,8,10-11,13H,4-7,9H2,1H3,(H,19,22)/t13-/m0/s1. The third-order valence-electron chi connectivity index (χ3n) is 5.17. The number of likely N-dealkylation sites (tertiary alicyclic amines) is 1. The summed E-state index contributed by atoms with van der Waals surface area (Å²) >= 11 is 1.48. The van der Waals surface area contributed by atoms with Crippen LogP contribution in [0.2, 0.25) is 0 Å². The zero-order valence-corrected chi connectivity index (χ0v) is 14.4. The predicted molar refractivity (Wildman–Crippen MR) is 90.9 cm³/mol. The van der Waals surface area contributed by atoms with E-state index in [1.54, 1.807) is 10.9 Å². The molecule has 126 valence electrons. The molecule has 2 fully saturated rings. The molecule has 0 bridgehead atoms. The molecule has 0 radical (unpaired) electrons. The highest BCUT2D eigenvalue weighted by Crippen LogP contribution is 2.39. The van der Waals surface area contributed by atoms with E-state index in [-0.39, 0.29) is 23.3 Å². The Kier molecular flexibility index (Phi) is 3.68. The van der Waals surface area contributed by atoms with Crippen LogP contribution >= 0.6 is 11.3 Å². The Bertz CT molecular complexity index is 759. The highest BCUT2D eigenvalue weighted by atomic mass is 32.1. The van der Waals surface area contributed by atoms with Gasteiger partial charge >= 0.3 is 0 Å². The van der Waals surface area contributed by atoms with Crippen molar-refractivity contribution in [2.75, 3.05) is 13.1 Å². The number of thiophene rings is 1. The molecule has 2 aliphatic heterocycles. The topological polar surface area (TPSA) is 67.2 Å². The zero-order valence-electron chi connectivity index (χ0n) is 13.6. The average Bonchev–Trinajstić information content (AvgIpc) is 3.29. The maximum absolute atomic E-state index is 12.5. The maximum Gasteiger partial charge on any atom is 0.263 e. The number of aryl methyl sites for hydroxylation is 1. The molecule has 1 N–H and O–H groups in total. The van der Waals surface area contributed by atoms with Crippen LogP contribution in [0.1, 0.15) is 40.4 Å². The van der Waals surface area contributed by atoms with Crippen molar-refractivity contribution in [1.82, 2.24) is 20.0 Å². The van der Waals surface area contributed by atoms with Crippen molar-refractivity contribution >= 4 is 23.2 Å². The van der Waals surface area contributed by atoms with Gasteiger partial charge in [-0.25, -0.2) is 0 Å². The van der Waals surface area contributed by atoms with Crippen LogP contribution in [0.5, 0.6) is 0 Å². The summed E-state index contributed by atoms with van der Waals surface area (Å²) < 4.78 is 1.73. The van der Waals surface area contributed by atoms with Crippen molar-refractivity contribution in [2.45, 2.75) is 30.7 Å². The van der Waals surface area contributed by atoms with Gasteiger partial charge < -0.3 is 10.2 Å². The van der Waals surface area contributed by atoms with Gasteiger partial charge in [-0.1, -0.05) is 6.07 Å². The summed E-state index contributed by atoms with van der Waals surface area (Å²) in [5.41, 5.74) is 0.799. The highest BCUT2D eigenvalue weighted by Gasteiger charge is 2.47. The minimum Gasteiger partial charge on any atom is -0.350 e. The fourth-order valence-electron chi connectivity index (χ4n) is 3.80. The Morgan fingerprint density at radius 3 is 2.83 bits per heavy atom. The molecule has 4 heterocycles. The van der Waals surface area contributed by atoms with Gasteiger partial charge in [0.1, 0.15) is 0 Å². The Labute approximate surface area is 144 Å². The normalized spacial score (nSPS) is 22.8. The largest absolute Gasteiger partial charge is 0.350 e. The Hall–Kier alpha value is -2.15. The molecule has 2 aromatic heterocycles. The number of aromatic nitrogens is 2. The summed E-state index contributed by atoms with van der Waals surface area (Å²) in [6.45, 7) is 1.38. The number of hydrogen-bond acceptors (Lipinski definition) is 4. The van der Waals surface area contributed by atoms with Gasteiger partial charge in [0, 0.05) is 37.4 Å². The summed E-state index contributed by atoms with van der Waals surface area (Å²) in [6.07, 6.45) is 6.11. The second kappa shape index (κ2) is 5.73. The Morgan fingerprint density at radius 1 is 1.42 bits per heavy atom. The number of amides is 2. The summed E-state index contributed by atoms with van der Waals surface area (Å²) in [6, 6.07) is 3.77. The first-order valence-corrected chi connectivity index (χ1v) is 9.08. The van der Waals surface area contributed by atoms with Crippen LogP contribution in [-0.2, 0) is 11.8 Å². The van der Waals surface area contributed by atoms with Gasteiger partial charge in [0.25, 0.3) is 5.91 Å². The van der Waals surface area contributed by atoms with Gasteiger partial charge in [0.2, 0.25) is 5.91 Å². The van der Waals surface area contributed by atoms with Crippen molar-refractivity contribution in [2.24, 2.45) is 7.05 Å². The molecule has 24 heavy (non-hydrogen) atoms. The van der Waals surface area contributed by atoms with E-state index in [0.717, 1.165) is 29.7 Å². The van der Waals surface area contributed by atoms with E-state index in [1.807, 2.05) is 35.7 Å². The van der Waals surface area contributed by atoms with E-state index in [4.69, 9.17) is 0 Å². The monoisotopic (exact) mass is 344 g/mol. The summed E-state index contributed by atoms with van der Waals surface area (Å²) in [7, 11) is 1.86. The van der Waals surface area contributed by atoms with Gasteiger partial charge in [-0.2, -0.15) is 5.10 Å². The van der Waals surface area contributed by atoms with Crippen molar-refractivity contribution in [3.63, 3.8) is 0 Å². The summed E-state index contributed by atoms with van der Waals surface area (Å²) in [5.74, 6) is 0.0623. The molecule has 0 aromatic carbocycles. The minimum absolute atomic E-state index is 0.0843. The maximum atomic E-state index is 12.5. The van der Waals surface area contributed by atoms with Crippen molar-refractivity contribution in [3.8, 4) is 0 Å². The van der Waals surface area contributed by atoms with Gasteiger partial charge in [-0.3, -0.25) is 14.3 Å². The second-order valence-electron chi connectivity index (χ2n) is 6.74. The first-order chi connectivity index (χ1) is 11.6. The first-order valence-electron chi connectivity index (χ1n) is 8.20. The zero-order chi connectivity index (χ0) is 16.7. The number of carbonyl (C=O) groups is 2. The lowest BCUT2D eigenvalue weighted by molar-refractivity contribution is -0.121. The number of carbonyl (C=O) groups excluding carboxylic acids is 2. The van der Waals surface area contributed by atoms with Gasteiger partial charge in [-0.05, 0) is 30.7 Å². The van der Waals surface area contributed by atoms with E-state index < -0.39 is 0 Å². The lowest BCUT2D eigenvalue weighted by Gasteiger charge is -2.39. The van der Waals surface area contributed by atoms with E-state index in [2.05, 4.69) is 10.4 Å². The van der Waals surface area contributed by atoms with Crippen LogP contribution in [0.3, 0.4) is 0 Å². The highest BCUT2D eigenvalue weighted by molar-refractivity contribution is 7.12. The van der Waals surface area contributed by atoms with E-state index in [0.29, 0.717) is 13.1 Å². The fourth-order valence-corrected chi connectivity index (χ4v) is 4.49. The van der Waals surface area contributed by atoms with E-state index >= 15 is 0 Å². The van der Waals surface area contributed by atoms with Gasteiger partial charge in [0.05, 0.1) is 17.0 Å². The number of nitrogens with one attached hydrogen (secondary N) is 1. The number of piperidine rings is 1. The predicted octanol–water partition coefficient (Wildman–Crippen LogP) is 1.76. The Balaban J connectivity index is 1.44. The SMILES string of the molecule is Cn1cc([C@@H]2CC3(CCN(C(=O)c4cccs4)CC3)NC2=O)cn1. The van der Waals surface area contributed by atoms with Gasteiger partial charge in [0.15, 0.2) is 0 Å². The van der Waals surface area contributed by atoms with Crippen LogP contribution in [0.4, 0.5) is 0 Å². The molecular weight excluding hydrogens is 324 g/mol. The molecule has 1 spiro atoms. The van der Waals surface area contributed by atoms with Crippen molar-refractivity contribution in [3.05, 3.63) is 40.3 Å². The molecule has 7 heteroatoms. The molecule has 0 saturated carbocycles. The molecule has 2 aromatic rings. The molecule has 1 atom stereocenters. The molecule has 2 saturated heterocycles. The van der Waals surface area contributed by atoms with Crippen LogP contribution < -0.4 is 5.32 Å². The average molecular weight is 344 g/mol. The van der Waals surface area contributed by atoms with Crippen molar-refractivity contribution in [1.29, 1.82) is 0 Å². The molecule has 6 nitrogen and oxygen atoms in total. The summed E-state index contributed by atoms with van der Waals surface area (Å²) in [5, 5.41) is 9.31. The lowest BCUT2D eigenvalue weighted by atomic mass is 9.82. The number of nitrogens with zero attached hydrogens (tertiary/aromatic N) is 3. The molecule has 2 aliphatic rings. The van der Waals surface area contributed by atoms with Crippen LogP contribution in [0, 0.1) is 0 Å². The Morgan fingerprint density at radius 2 is 2.21 bits per heavy atom. The first kappa shape index (κ1) is 15.4. The molecule has 2 amide bonds. The third-order valence-corrected chi connectivity index (χ3v) is 6.02. The quantitative estimate of drug-likeness (QED) is 0.903. The van der Waals surface area contributed by atoms with Crippen LogP contribution in [0.15, 0.2) is 29.9 Å². The molecule has 4 rings (SSSR count). The number of hydrogen-bond donors (Lipinski definition) is 1. The van der Waals surface area contributed by atoms with E-state index in [1.165, 1.54) is 11.3 Å². The van der Waals surface area contributed by atoms with E-state index in [9.17, 15) is 9.59 Å². The molecule has 0 aliphatic carbocycles. The van der Waals surface area contributed by atoms with Crippen LogP contribution in [0.25, 0.3) is 0 Å². The van der Waals surface area contributed by atoms with Crippen molar-refractivity contribution < 1.29 is 9.59 Å².